The third kappa shape index (κ3) is 6.99. The summed E-state index contributed by atoms with van der Waals surface area (Å²) in [7, 11) is -4.82. The summed E-state index contributed by atoms with van der Waals surface area (Å²) in [6.45, 7) is 1.32. The number of anilines is 2. The maximum absolute atomic E-state index is 13.1. The molecule has 1 saturated heterocycles. The summed E-state index contributed by atoms with van der Waals surface area (Å²) >= 11 is 0. The fourth-order valence-corrected chi connectivity index (χ4v) is 6.54. The zero-order valence-electron chi connectivity index (χ0n) is 21.9. The number of amides is 1. The van der Waals surface area contributed by atoms with Crippen molar-refractivity contribution in [3.63, 3.8) is 0 Å². The smallest absolute Gasteiger partial charge is 0.265 e. The third-order valence-corrected chi connectivity index (χ3v) is 9.29. The van der Waals surface area contributed by atoms with Crippen LogP contribution in [0.25, 0.3) is 6.08 Å². The maximum Gasteiger partial charge on any atom is 0.265 e. The SMILES string of the molecule is COc1ccc(NS(=O)(=O)c2cc(NC(=O)C=Cc3ccc(S(=O)(=O)N4CCOCC4)cc3)ccc2OC)cc1. The number of sulfonamides is 2. The van der Waals surface area contributed by atoms with Crippen molar-refractivity contribution >= 4 is 43.4 Å². The number of morpholine rings is 1. The Kier molecular flexibility index (Phi) is 9.10. The van der Waals surface area contributed by atoms with Gasteiger partial charge in [-0.05, 0) is 66.2 Å². The molecule has 0 radical (unpaired) electrons. The average Bonchev–Trinajstić information content (AvgIpc) is 2.97. The highest BCUT2D eigenvalue weighted by molar-refractivity contribution is 7.92. The number of benzene rings is 3. The Labute approximate surface area is 233 Å². The zero-order chi connectivity index (χ0) is 28.8. The molecule has 2 N–H and O–H groups in total. The predicted octanol–water partition coefficient (Wildman–Crippen LogP) is 3.18. The fraction of sp³-hybridized carbons (Fsp3) is 0.222. The molecule has 3 aromatic carbocycles. The second-order valence-corrected chi connectivity index (χ2v) is 12.2. The number of ether oxygens (including phenoxy) is 3. The van der Waals surface area contributed by atoms with E-state index in [0.29, 0.717) is 43.3 Å². The lowest BCUT2D eigenvalue weighted by Crippen LogP contribution is -2.40. The van der Waals surface area contributed by atoms with Crippen molar-refractivity contribution in [3.8, 4) is 11.5 Å². The van der Waals surface area contributed by atoms with Gasteiger partial charge in [0.25, 0.3) is 10.0 Å². The van der Waals surface area contributed by atoms with Gasteiger partial charge in [-0.2, -0.15) is 4.31 Å². The van der Waals surface area contributed by atoms with Gasteiger partial charge in [-0.3, -0.25) is 9.52 Å². The molecule has 0 atom stereocenters. The lowest BCUT2D eigenvalue weighted by Gasteiger charge is -2.26. The van der Waals surface area contributed by atoms with Crippen LogP contribution in [0.4, 0.5) is 11.4 Å². The molecule has 13 heteroatoms. The van der Waals surface area contributed by atoms with Gasteiger partial charge in [0, 0.05) is 30.5 Å². The molecule has 0 spiro atoms. The molecule has 3 aromatic rings. The van der Waals surface area contributed by atoms with Crippen molar-refractivity contribution in [2.75, 3.05) is 50.6 Å². The van der Waals surface area contributed by atoms with Gasteiger partial charge in [0.1, 0.15) is 16.4 Å². The van der Waals surface area contributed by atoms with Crippen LogP contribution in [0.2, 0.25) is 0 Å². The van der Waals surface area contributed by atoms with Gasteiger partial charge in [0.05, 0.1) is 32.3 Å². The number of hydrogen-bond acceptors (Lipinski definition) is 8. The van der Waals surface area contributed by atoms with Gasteiger partial charge >= 0.3 is 0 Å². The lowest BCUT2D eigenvalue weighted by atomic mass is 10.2. The van der Waals surface area contributed by atoms with Crippen LogP contribution in [0.5, 0.6) is 11.5 Å². The number of carbonyl (C=O) groups is 1. The molecule has 0 unspecified atom stereocenters. The number of nitrogens with one attached hydrogen (secondary N) is 2. The summed E-state index contributed by atoms with van der Waals surface area (Å²) in [6, 6.07) is 16.8. The Bertz CT molecular complexity index is 1580. The van der Waals surface area contributed by atoms with Gasteiger partial charge in [-0.15, -0.1) is 0 Å². The van der Waals surface area contributed by atoms with Gasteiger partial charge in [0.2, 0.25) is 15.9 Å². The highest BCUT2D eigenvalue weighted by Gasteiger charge is 2.26. The van der Waals surface area contributed by atoms with Crippen molar-refractivity contribution in [2.24, 2.45) is 0 Å². The summed E-state index contributed by atoms with van der Waals surface area (Å²) < 4.78 is 71.1. The van der Waals surface area contributed by atoms with E-state index < -0.39 is 26.0 Å². The summed E-state index contributed by atoms with van der Waals surface area (Å²) in [6.07, 6.45) is 2.78. The molecule has 1 aliphatic rings. The number of methoxy groups -OCH3 is 2. The van der Waals surface area contributed by atoms with Crippen LogP contribution in [0.15, 0.2) is 82.6 Å². The van der Waals surface area contributed by atoms with Gasteiger partial charge in [-0.25, -0.2) is 16.8 Å². The largest absolute Gasteiger partial charge is 0.497 e. The van der Waals surface area contributed by atoms with E-state index in [2.05, 4.69) is 10.0 Å². The minimum Gasteiger partial charge on any atom is -0.497 e. The first kappa shape index (κ1) is 29.1. The van der Waals surface area contributed by atoms with Crippen molar-refractivity contribution in [3.05, 3.63) is 78.4 Å². The Morgan fingerprint density at radius 3 is 2.15 bits per heavy atom. The van der Waals surface area contributed by atoms with Crippen LogP contribution in [0.3, 0.4) is 0 Å². The Morgan fingerprint density at radius 1 is 0.875 bits per heavy atom. The Hall–Kier alpha value is -3.91. The normalized spacial score (nSPS) is 14.6. The molecule has 11 nitrogen and oxygen atoms in total. The van der Waals surface area contributed by atoms with Gasteiger partial charge in [-0.1, -0.05) is 12.1 Å². The Morgan fingerprint density at radius 2 is 1.52 bits per heavy atom. The van der Waals surface area contributed by atoms with Crippen LogP contribution in [0.1, 0.15) is 5.56 Å². The minimum absolute atomic E-state index is 0.0988. The van der Waals surface area contributed by atoms with E-state index in [9.17, 15) is 21.6 Å². The second-order valence-electron chi connectivity index (χ2n) is 8.61. The summed E-state index contributed by atoms with van der Waals surface area (Å²) in [5.41, 5.74) is 1.17. The Balaban J connectivity index is 1.44. The molecule has 4 rings (SSSR count). The van der Waals surface area contributed by atoms with Crippen LogP contribution in [0, 0.1) is 0 Å². The molecule has 0 bridgehead atoms. The molecule has 1 fully saturated rings. The van der Waals surface area contributed by atoms with E-state index in [-0.39, 0.29) is 21.2 Å². The van der Waals surface area contributed by atoms with E-state index in [1.807, 2.05) is 0 Å². The first-order valence-electron chi connectivity index (χ1n) is 12.1. The third-order valence-electron chi connectivity index (χ3n) is 5.98. The van der Waals surface area contributed by atoms with Crippen LogP contribution in [-0.4, -0.2) is 67.6 Å². The standard InChI is InChI=1S/C27H29N3O8S2/c1-36-23-9-6-21(7-10-23)29-39(32,33)26-19-22(8-13-25(26)37-2)28-27(31)14-5-20-3-11-24(12-4-20)40(34,35)30-15-17-38-18-16-30/h3-14,19,29H,15-18H2,1-2H3,(H,28,31). The fourth-order valence-electron chi connectivity index (χ4n) is 3.88. The molecule has 1 heterocycles. The minimum atomic E-state index is -4.06. The number of hydrogen-bond donors (Lipinski definition) is 2. The van der Waals surface area contributed by atoms with E-state index in [0.717, 1.165) is 0 Å². The second kappa shape index (κ2) is 12.5. The van der Waals surface area contributed by atoms with E-state index in [4.69, 9.17) is 14.2 Å². The summed E-state index contributed by atoms with van der Waals surface area (Å²) in [5.74, 6) is 0.163. The van der Waals surface area contributed by atoms with Crippen molar-refractivity contribution in [1.29, 1.82) is 0 Å². The first-order valence-corrected chi connectivity index (χ1v) is 15.1. The number of rotatable bonds is 10. The quantitative estimate of drug-likeness (QED) is 0.345. The first-order chi connectivity index (χ1) is 19.1. The monoisotopic (exact) mass is 587 g/mol. The summed E-state index contributed by atoms with van der Waals surface area (Å²) in [5, 5.41) is 2.63. The molecule has 0 aliphatic carbocycles. The number of nitrogens with zero attached hydrogens (tertiary/aromatic N) is 1. The van der Waals surface area contributed by atoms with Crippen LogP contribution >= 0.6 is 0 Å². The molecular weight excluding hydrogens is 558 g/mol. The van der Waals surface area contributed by atoms with Crippen LogP contribution < -0.4 is 19.5 Å². The molecule has 40 heavy (non-hydrogen) atoms. The lowest BCUT2D eigenvalue weighted by molar-refractivity contribution is -0.111. The molecule has 0 saturated carbocycles. The predicted molar refractivity (Wildman–Crippen MR) is 150 cm³/mol. The van der Waals surface area contributed by atoms with Gasteiger partial charge < -0.3 is 19.5 Å². The van der Waals surface area contributed by atoms with Crippen molar-refractivity contribution in [2.45, 2.75) is 9.79 Å². The highest BCUT2D eigenvalue weighted by Crippen LogP contribution is 2.29. The van der Waals surface area contributed by atoms with E-state index in [1.165, 1.54) is 61.0 Å². The summed E-state index contributed by atoms with van der Waals surface area (Å²) in [4.78, 5) is 12.6. The molecule has 1 aliphatic heterocycles. The zero-order valence-corrected chi connectivity index (χ0v) is 23.5. The highest BCUT2D eigenvalue weighted by atomic mass is 32.2. The average molecular weight is 588 g/mol. The molecule has 1 amide bonds. The number of carbonyl (C=O) groups excluding carboxylic acids is 1. The molecular formula is C27H29N3O8S2. The van der Waals surface area contributed by atoms with Crippen LogP contribution in [-0.2, 0) is 29.6 Å². The van der Waals surface area contributed by atoms with E-state index in [1.54, 1.807) is 36.4 Å². The topological polar surface area (TPSA) is 140 Å². The van der Waals surface area contributed by atoms with Crippen molar-refractivity contribution in [1.82, 2.24) is 4.31 Å². The van der Waals surface area contributed by atoms with Gasteiger partial charge in [0.15, 0.2) is 0 Å². The van der Waals surface area contributed by atoms with E-state index >= 15 is 0 Å². The molecule has 212 valence electrons. The maximum atomic E-state index is 13.1. The van der Waals surface area contributed by atoms with Crippen molar-refractivity contribution < 1.29 is 35.8 Å². The molecule has 0 aromatic heterocycles.